The Kier molecular flexibility index (Phi) is 7.71. The van der Waals surface area contributed by atoms with Gasteiger partial charge in [0.2, 0.25) is 0 Å². The van der Waals surface area contributed by atoms with Crippen LogP contribution in [-0.2, 0) is 14.3 Å². The average Bonchev–Trinajstić information content (AvgIpc) is 2.23. The minimum absolute atomic E-state index is 0.386. The van der Waals surface area contributed by atoms with Gasteiger partial charge in [-0.1, -0.05) is 0 Å². The SMILES string of the molecule is CC(C)(C)OC(=O)NCCCCC(N)C(=O)OC(C)(C)C. The summed E-state index contributed by atoms with van der Waals surface area (Å²) >= 11 is 0. The molecule has 0 aromatic carbocycles. The quantitative estimate of drug-likeness (QED) is 0.580. The number of hydrogen-bond donors (Lipinski definition) is 2. The smallest absolute Gasteiger partial charge is 0.407 e. The van der Waals surface area contributed by atoms with E-state index in [2.05, 4.69) is 5.32 Å². The van der Waals surface area contributed by atoms with Crippen LogP contribution in [0.5, 0.6) is 0 Å². The van der Waals surface area contributed by atoms with Crippen molar-refractivity contribution in [1.82, 2.24) is 5.32 Å². The van der Waals surface area contributed by atoms with Gasteiger partial charge < -0.3 is 20.5 Å². The van der Waals surface area contributed by atoms with Crippen LogP contribution in [0.3, 0.4) is 0 Å². The first-order valence-electron chi connectivity index (χ1n) is 7.36. The fraction of sp³-hybridized carbons (Fsp3) is 0.867. The Balaban J connectivity index is 3.76. The van der Waals surface area contributed by atoms with Crippen molar-refractivity contribution in [2.75, 3.05) is 6.54 Å². The van der Waals surface area contributed by atoms with Gasteiger partial charge in [0.25, 0.3) is 0 Å². The number of esters is 1. The lowest BCUT2D eigenvalue weighted by atomic mass is 10.1. The fourth-order valence-corrected chi connectivity index (χ4v) is 1.49. The van der Waals surface area contributed by atoms with E-state index in [1.165, 1.54) is 0 Å². The maximum Gasteiger partial charge on any atom is 0.407 e. The second kappa shape index (κ2) is 8.22. The molecule has 0 radical (unpaired) electrons. The molecule has 0 spiro atoms. The molecule has 0 bridgehead atoms. The van der Waals surface area contributed by atoms with Gasteiger partial charge in [0.05, 0.1) is 0 Å². The Morgan fingerprint density at radius 2 is 1.52 bits per heavy atom. The van der Waals surface area contributed by atoms with E-state index in [4.69, 9.17) is 15.2 Å². The maximum atomic E-state index is 11.7. The lowest BCUT2D eigenvalue weighted by molar-refractivity contribution is -0.156. The Hall–Kier alpha value is -1.30. The minimum Gasteiger partial charge on any atom is -0.459 e. The second-order valence-electron chi connectivity index (χ2n) is 7.06. The number of carbonyl (C=O) groups is 2. The third kappa shape index (κ3) is 12.2. The van der Waals surface area contributed by atoms with Crippen molar-refractivity contribution in [2.24, 2.45) is 5.73 Å². The van der Waals surface area contributed by atoms with Gasteiger partial charge in [0.15, 0.2) is 0 Å². The molecule has 0 aliphatic carbocycles. The van der Waals surface area contributed by atoms with E-state index in [9.17, 15) is 9.59 Å². The molecule has 6 nitrogen and oxygen atoms in total. The molecule has 3 N–H and O–H groups in total. The molecule has 0 saturated heterocycles. The summed E-state index contributed by atoms with van der Waals surface area (Å²) in [5.41, 5.74) is 4.75. The van der Waals surface area contributed by atoms with Crippen LogP contribution in [0, 0.1) is 0 Å². The maximum absolute atomic E-state index is 11.7. The van der Waals surface area contributed by atoms with E-state index < -0.39 is 23.3 Å². The summed E-state index contributed by atoms with van der Waals surface area (Å²) in [6.45, 7) is 11.4. The number of unbranched alkanes of at least 4 members (excludes halogenated alkanes) is 1. The van der Waals surface area contributed by atoms with Crippen LogP contribution >= 0.6 is 0 Å². The summed E-state index contributed by atoms with van der Waals surface area (Å²) in [6.07, 6.45) is 1.57. The first-order chi connectivity index (χ1) is 9.41. The Labute approximate surface area is 127 Å². The zero-order chi connectivity index (χ0) is 16.7. The average molecular weight is 302 g/mol. The molecule has 0 aromatic rings. The van der Waals surface area contributed by atoms with Crippen LogP contribution in [0.25, 0.3) is 0 Å². The molecule has 0 heterocycles. The number of nitrogens with two attached hydrogens (primary N) is 1. The van der Waals surface area contributed by atoms with Crippen molar-refractivity contribution < 1.29 is 19.1 Å². The monoisotopic (exact) mass is 302 g/mol. The number of carbonyl (C=O) groups excluding carboxylic acids is 2. The molecule has 0 saturated carbocycles. The van der Waals surface area contributed by atoms with Gasteiger partial charge in [-0.2, -0.15) is 0 Å². The Morgan fingerprint density at radius 3 is 2.00 bits per heavy atom. The van der Waals surface area contributed by atoms with Crippen LogP contribution < -0.4 is 11.1 Å². The summed E-state index contributed by atoms with van der Waals surface area (Å²) in [4.78, 5) is 23.0. The Bertz CT molecular complexity index is 343. The van der Waals surface area contributed by atoms with Crippen LogP contribution in [0.4, 0.5) is 4.79 Å². The molecule has 21 heavy (non-hydrogen) atoms. The molecular weight excluding hydrogens is 272 g/mol. The standard InChI is InChI=1S/C15H30N2O4/c1-14(2,3)20-12(18)11(16)9-7-8-10-17-13(19)21-15(4,5)6/h11H,7-10,16H2,1-6H3,(H,17,19). The molecular formula is C15H30N2O4. The van der Waals surface area contributed by atoms with Gasteiger partial charge in [-0.15, -0.1) is 0 Å². The van der Waals surface area contributed by atoms with E-state index in [1.54, 1.807) is 0 Å². The number of alkyl carbamates (subject to hydrolysis) is 1. The minimum atomic E-state index is -0.620. The molecule has 124 valence electrons. The highest BCUT2D eigenvalue weighted by atomic mass is 16.6. The van der Waals surface area contributed by atoms with Gasteiger partial charge in [-0.05, 0) is 60.8 Å². The van der Waals surface area contributed by atoms with Crippen LogP contribution in [0.1, 0.15) is 60.8 Å². The molecule has 0 aromatic heterocycles. The van der Waals surface area contributed by atoms with Crippen LogP contribution in [0.15, 0.2) is 0 Å². The topological polar surface area (TPSA) is 90.6 Å². The number of ether oxygens (including phenoxy) is 2. The zero-order valence-corrected chi connectivity index (χ0v) is 14.1. The summed E-state index contributed by atoms with van der Waals surface area (Å²) in [5.74, 6) is -0.386. The lowest BCUT2D eigenvalue weighted by Gasteiger charge is -2.22. The van der Waals surface area contributed by atoms with Gasteiger partial charge in [0.1, 0.15) is 17.2 Å². The number of amides is 1. The van der Waals surface area contributed by atoms with E-state index in [1.807, 2.05) is 41.5 Å². The van der Waals surface area contributed by atoms with Gasteiger partial charge in [-0.3, -0.25) is 4.79 Å². The highest BCUT2D eigenvalue weighted by molar-refractivity contribution is 5.75. The highest BCUT2D eigenvalue weighted by Crippen LogP contribution is 2.10. The highest BCUT2D eigenvalue weighted by Gasteiger charge is 2.21. The third-order valence-electron chi connectivity index (χ3n) is 2.32. The van der Waals surface area contributed by atoms with Crippen molar-refractivity contribution >= 4 is 12.1 Å². The second-order valence-corrected chi connectivity index (χ2v) is 7.06. The molecule has 6 heteroatoms. The lowest BCUT2D eigenvalue weighted by Crippen LogP contribution is -2.37. The van der Waals surface area contributed by atoms with Gasteiger partial charge >= 0.3 is 12.1 Å². The fourth-order valence-electron chi connectivity index (χ4n) is 1.49. The normalized spacial score (nSPS) is 13.5. The molecule has 1 unspecified atom stereocenters. The summed E-state index contributed by atoms with van der Waals surface area (Å²) in [7, 11) is 0. The van der Waals surface area contributed by atoms with Crippen LogP contribution in [-0.4, -0.2) is 35.9 Å². The first-order valence-corrected chi connectivity index (χ1v) is 7.36. The number of nitrogens with one attached hydrogen (secondary N) is 1. The van der Waals surface area contributed by atoms with Gasteiger partial charge in [-0.25, -0.2) is 4.79 Å². The summed E-state index contributed by atoms with van der Waals surface area (Å²) in [5, 5.41) is 2.66. The van der Waals surface area contributed by atoms with E-state index in [-0.39, 0.29) is 5.97 Å². The van der Waals surface area contributed by atoms with Crippen molar-refractivity contribution in [1.29, 1.82) is 0 Å². The molecule has 0 aliphatic heterocycles. The Morgan fingerprint density at radius 1 is 1.00 bits per heavy atom. The zero-order valence-electron chi connectivity index (χ0n) is 14.1. The largest absolute Gasteiger partial charge is 0.459 e. The van der Waals surface area contributed by atoms with Gasteiger partial charge in [0, 0.05) is 6.54 Å². The third-order valence-corrected chi connectivity index (χ3v) is 2.32. The van der Waals surface area contributed by atoms with Crippen molar-refractivity contribution in [2.45, 2.75) is 78.0 Å². The van der Waals surface area contributed by atoms with E-state index >= 15 is 0 Å². The number of rotatable bonds is 6. The van der Waals surface area contributed by atoms with E-state index in [0.717, 1.165) is 12.8 Å². The first kappa shape index (κ1) is 19.7. The van der Waals surface area contributed by atoms with Crippen LogP contribution in [0.2, 0.25) is 0 Å². The molecule has 0 rings (SSSR count). The number of hydrogen-bond acceptors (Lipinski definition) is 5. The van der Waals surface area contributed by atoms with Crippen molar-refractivity contribution in [3.63, 3.8) is 0 Å². The van der Waals surface area contributed by atoms with Crippen molar-refractivity contribution in [3.8, 4) is 0 Å². The predicted octanol–water partition coefficient (Wildman–Crippen LogP) is 2.35. The molecule has 1 atom stereocenters. The summed E-state index contributed by atoms with van der Waals surface area (Å²) < 4.78 is 10.3. The van der Waals surface area contributed by atoms with E-state index in [0.29, 0.717) is 13.0 Å². The molecule has 1 amide bonds. The van der Waals surface area contributed by atoms with Crippen molar-refractivity contribution in [3.05, 3.63) is 0 Å². The summed E-state index contributed by atoms with van der Waals surface area (Å²) in [6, 6.07) is -0.620. The molecule has 0 aliphatic rings. The molecule has 0 fully saturated rings. The predicted molar refractivity (Wildman–Crippen MR) is 81.9 cm³/mol.